The predicted molar refractivity (Wildman–Crippen MR) is 78.9 cm³/mol. The normalized spacial score (nSPS) is 18.6. The lowest BCUT2D eigenvalue weighted by Crippen LogP contribution is -2.33. The molecular formula is C15H22N4O2. The molecule has 114 valence electrons. The van der Waals surface area contributed by atoms with Crippen LogP contribution in [0.4, 0.5) is 0 Å². The maximum Gasteiger partial charge on any atom is 0.270 e. The number of methoxy groups -OCH3 is 1. The number of likely N-dealkylation sites (tertiary alicyclic amines) is 1. The second kappa shape index (κ2) is 7.25. The number of nitriles is 1. The second-order valence-electron chi connectivity index (χ2n) is 5.55. The monoisotopic (exact) mass is 290 g/mol. The molecule has 0 aliphatic carbocycles. The molecule has 0 spiro atoms. The molecule has 1 aliphatic rings. The Morgan fingerprint density at radius 2 is 2.48 bits per heavy atom. The van der Waals surface area contributed by atoms with Gasteiger partial charge in [0.1, 0.15) is 11.8 Å². The molecule has 2 heterocycles. The Morgan fingerprint density at radius 3 is 3.14 bits per heavy atom. The SMILES string of the molecule is COCCN1CCC(CN(C)C(=O)c2cc(C#N)c[nH]2)C1. The van der Waals surface area contributed by atoms with Gasteiger partial charge in [-0.25, -0.2) is 0 Å². The molecule has 21 heavy (non-hydrogen) atoms. The third-order valence-corrected chi connectivity index (χ3v) is 3.90. The first-order valence-electron chi connectivity index (χ1n) is 7.19. The second-order valence-corrected chi connectivity index (χ2v) is 5.55. The molecule has 1 unspecified atom stereocenters. The summed E-state index contributed by atoms with van der Waals surface area (Å²) in [5.41, 5.74) is 0.960. The summed E-state index contributed by atoms with van der Waals surface area (Å²) in [4.78, 5) is 19.2. The highest BCUT2D eigenvalue weighted by Gasteiger charge is 2.25. The molecule has 1 N–H and O–H groups in total. The van der Waals surface area contributed by atoms with Crippen LogP contribution >= 0.6 is 0 Å². The molecule has 6 heteroatoms. The van der Waals surface area contributed by atoms with Crippen molar-refractivity contribution < 1.29 is 9.53 Å². The van der Waals surface area contributed by atoms with Crippen molar-refractivity contribution in [2.24, 2.45) is 5.92 Å². The largest absolute Gasteiger partial charge is 0.383 e. The van der Waals surface area contributed by atoms with E-state index in [1.54, 1.807) is 24.3 Å². The summed E-state index contributed by atoms with van der Waals surface area (Å²) >= 11 is 0. The van der Waals surface area contributed by atoms with Gasteiger partial charge in [-0.2, -0.15) is 5.26 Å². The Hall–Kier alpha value is -1.84. The van der Waals surface area contributed by atoms with Gasteiger partial charge in [0.05, 0.1) is 12.2 Å². The Balaban J connectivity index is 1.83. The molecular weight excluding hydrogens is 268 g/mol. The van der Waals surface area contributed by atoms with Gasteiger partial charge in [-0.1, -0.05) is 0 Å². The molecule has 2 rings (SSSR count). The lowest BCUT2D eigenvalue weighted by Gasteiger charge is -2.21. The fourth-order valence-electron chi connectivity index (χ4n) is 2.74. The molecule has 1 amide bonds. The maximum absolute atomic E-state index is 12.3. The van der Waals surface area contributed by atoms with E-state index in [4.69, 9.17) is 10.00 Å². The third-order valence-electron chi connectivity index (χ3n) is 3.90. The molecule has 0 saturated carbocycles. The number of nitrogens with zero attached hydrogens (tertiary/aromatic N) is 3. The zero-order chi connectivity index (χ0) is 15.2. The average Bonchev–Trinajstić information content (AvgIpc) is 3.13. The van der Waals surface area contributed by atoms with Crippen molar-refractivity contribution in [2.75, 3.05) is 46.9 Å². The Labute approximate surface area is 125 Å². The van der Waals surface area contributed by atoms with Crippen molar-refractivity contribution in [1.82, 2.24) is 14.8 Å². The van der Waals surface area contributed by atoms with Crippen LogP contribution in [0, 0.1) is 17.2 Å². The number of hydrogen-bond acceptors (Lipinski definition) is 4. The van der Waals surface area contributed by atoms with Gasteiger partial charge in [-0.05, 0) is 24.9 Å². The van der Waals surface area contributed by atoms with Crippen LogP contribution in [0.3, 0.4) is 0 Å². The van der Waals surface area contributed by atoms with Gasteiger partial charge in [0, 0.05) is 40.0 Å². The molecule has 6 nitrogen and oxygen atoms in total. The third kappa shape index (κ3) is 4.06. The van der Waals surface area contributed by atoms with Gasteiger partial charge in [0.15, 0.2) is 0 Å². The lowest BCUT2D eigenvalue weighted by atomic mass is 10.1. The Kier molecular flexibility index (Phi) is 5.37. The van der Waals surface area contributed by atoms with Crippen LogP contribution in [0.5, 0.6) is 0 Å². The number of hydrogen-bond donors (Lipinski definition) is 1. The number of nitrogens with one attached hydrogen (secondary N) is 1. The number of H-pyrrole nitrogens is 1. The van der Waals surface area contributed by atoms with Gasteiger partial charge < -0.3 is 19.5 Å². The van der Waals surface area contributed by atoms with Crippen molar-refractivity contribution in [2.45, 2.75) is 6.42 Å². The van der Waals surface area contributed by atoms with Crippen LogP contribution in [-0.4, -0.2) is 67.6 Å². The molecule has 0 radical (unpaired) electrons. The Bertz CT molecular complexity index is 520. The van der Waals surface area contributed by atoms with E-state index in [2.05, 4.69) is 9.88 Å². The smallest absolute Gasteiger partial charge is 0.270 e. The zero-order valence-corrected chi connectivity index (χ0v) is 12.6. The highest BCUT2D eigenvalue weighted by molar-refractivity contribution is 5.92. The van der Waals surface area contributed by atoms with Crippen molar-refractivity contribution in [3.8, 4) is 6.07 Å². The highest BCUT2D eigenvalue weighted by Crippen LogP contribution is 2.17. The number of rotatable bonds is 6. The van der Waals surface area contributed by atoms with Gasteiger partial charge in [-0.15, -0.1) is 0 Å². The van der Waals surface area contributed by atoms with Crippen molar-refractivity contribution in [3.05, 3.63) is 23.5 Å². The molecule has 0 bridgehead atoms. The van der Waals surface area contributed by atoms with E-state index in [1.807, 2.05) is 13.1 Å². The van der Waals surface area contributed by atoms with E-state index in [0.717, 1.165) is 39.2 Å². The lowest BCUT2D eigenvalue weighted by molar-refractivity contribution is 0.0767. The summed E-state index contributed by atoms with van der Waals surface area (Å²) in [5.74, 6) is 0.438. The summed E-state index contributed by atoms with van der Waals surface area (Å²) in [6.45, 7) is 4.52. The summed E-state index contributed by atoms with van der Waals surface area (Å²) < 4.78 is 5.09. The predicted octanol–water partition coefficient (Wildman–Crippen LogP) is 0.927. The molecule has 1 atom stereocenters. The van der Waals surface area contributed by atoms with Crippen LogP contribution in [0.1, 0.15) is 22.5 Å². The molecule has 1 aromatic rings. The Morgan fingerprint density at radius 1 is 1.67 bits per heavy atom. The molecule has 1 fully saturated rings. The van der Waals surface area contributed by atoms with E-state index < -0.39 is 0 Å². The van der Waals surface area contributed by atoms with E-state index in [1.165, 1.54) is 0 Å². The van der Waals surface area contributed by atoms with E-state index in [0.29, 0.717) is 17.2 Å². The summed E-state index contributed by atoms with van der Waals surface area (Å²) in [5, 5.41) is 8.79. The van der Waals surface area contributed by atoms with Crippen molar-refractivity contribution in [1.29, 1.82) is 5.26 Å². The quantitative estimate of drug-likeness (QED) is 0.846. The summed E-state index contributed by atoms with van der Waals surface area (Å²) in [7, 11) is 3.53. The number of ether oxygens (including phenoxy) is 1. The summed E-state index contributed by atoms with van der Waals surface area (Å²) in [6, 6.07) is 3.61. The van der Waals surface area contributed by atoms with Crippen LogP contribution in [0.15, 0.2) is 12.3 Å². The number of aromatic amines is 1. The minimum atomic E-state index is -0.0631. The number of carbonyl (C=O) groups is 1. The maximum atomic E-state index is 12.3. The van der Waals surface area contributed by atoms with Crippen molar-refractivity contribution >= 4 is 5.91 Å². The standard InChI is InChI=1S/C15H22N4O2/c1-18(15(20)14-7-13(8-16)9-17-14)10-12-3-4-19(11-12)5-6-21-2/h7,9,12,17H,3-6,10-11H2,1-2H3. The number of aromatic nitrogens is 1. The van der Waals surface area contributed by atoms with Gasteiger partial charge in [-0.3, -0.25) is 4.79 Å². The average molecular weight is 290 g/mol. The van der Waals surface area contributed by atoms with Crippen LogP contribution in [0.25, 0.3) is 0 Å². The minimum Gasteiger partial charge on any atom is -0.383 e. The van der Waals surface area contributed by atoms with Gasteiger partial charge in [0.2, 0.25) is 0 Å². The minimum absolute atomic E-state index is 0.0631. The van der Waals surface area contributed by atoms with Gasteiger partial charge in [0.25, 0.3) is 5.91 Å². The fourth-order valence-corrected chi connectivity index (χ4v) is 2.74. The first kappa shape index (κ1) is 15.5. The topological polar surface area (TPSA) is 72.4 Å². The van der Waals surface area contributed by atoms with Crippen LogP contribution in [-0.2, 0) is 4.74 Å². The summed E-state index contributed by atoms with van der Waals surface area (Å²) in [6.07, 6.45) is 2.67. The fraction of sp³-hybridized carbons (Fsp3) is 0.600. The molecule has 1 aromatic heterocycles. The molecule has 1 saturated heterocycles. The highest BCUT2D eigenvalue weighted by atomic mass is 16.5. The zero-order valence-electron chi connectivity index (χ0n) is 12.6. The van der Waals surface area contributed by atoms with Crippen LogP contribution in [0.2, 0.25) is 0 Å². The first-order chi connectivity index (χ1) is 10.1. The van der Waals surface area contributed by atoms with E-state index in [-0.39, 0.29) is 5.91 Å². The number of amides is 1. The first-order valence-corrected chi connectivity index (χ1v) is 7.19. The van der Waals surface area contributed by atoms with Crippen LogP contribution < -0.4 is 0 Å². The van der Waals surface area contributed by atoms with E-state index in [9.17, 15) is 4.79 Å². The van der Waals surface area contributed by atoms with Gasteiger partial charge >= 0.3 is 0 Å². The van der Waals surface area contributed by atoms with Crippen molar-refractivity contribution in [3.63, 3.8) is 0 Å². The molecule has 0 aromatic carbocycles. The molecule has 1 aliphatic heterocycles. The number of carbonyl (C=O) groups excluding carboxylic acids is 1. The van der Waals surface area contributed by atoms with E-state index >= 15 is 0 Å².